The van der Waals surface area contributed by atoms with E-state index >= 15 is 0 Å². The maximum Gasteiger partial charge on any atom is 0.334 e. The Balaban J connectivity index is 1.62. The van der Waals surface area contributed by atoms with Crippen LogP contribution in [0.5, 0.6) is 5.75 Å². The van der Waals surface area contributed by atoms with E-state index in [0.29, 0.717) is 12.3 Å². The van der Waals surface area contributed by atoms with E-state index in [-0.39, 0.29) is 31.4 Å². The summed E-state index contributed by atoms with van der Waals surface area (Å²) in [7, 11) is 0. The van der Waals surface area contributed by atoms with Crippen molar-refractivity contribution in [3.8, 4) is 5.75 Å². The molecule has 3 rings (SSSR count). The third kappa shape index (κ3) is 4.05. The van der Waals surface area contributed by atoms with Crippen LogP contribution in [0.15, 0.2) is 34.7 Å². The molecule has 2 heterocycles. The Kier molecular flexibility index (Phi) is 5.27. The molecule has 1 atom stereocenters. The smallest absolute Gasteiger partial charge is 0.334 e. The summed E-state index contributed by atoms with van der Waals surface area (Å²) in [6, 6.07) is 9.17. The van der Waals surface area contributed by atoms with Crippen molar-refractivity contribution < 1.29 is 28.6 Å². The van der Waals surface area contributed by atoms with E-state index in [2.05, 4.69) is 0 Å². The maximum absolute atomic E-state index is 12.5. The van der Waals surface area contributed by atoms with Gasteiger partial charge in [-0.15, -0.1) is 0 Å². The number of hydrogen-bond donors (Lipinski definition) is 1. The molecule has 7 heteroatoms. The minimum Gasteiger partial charge on any atom is -0.485 e. The van der Waals surface area contributed by atoms with Crippen LogP contribution in [0.25, 0.3) is 0 Å². The molecular weight excluding hydrogens is 338 g/mol. The quantitative estimate of drug-likeness (QED) is 0.882. The van der Waals surface area contributed by atoms with Crippen molar-refractivity contribution in [2.75, 3.05) is 19.7 Å². The number of hydrogen-bond acceptors (Lipinski definition) is 5. The summed E-state index contributed by atoms with van der Waals surface area (Å²) >= 11 is 0. The molecule has 138 valence electrons. The van der Waals surface area contributed by atoms with Crippen molar-refractivity contribution in [2.24, 2.45) is 0 Å². The molecule has 1 aliphatic heterocycles. The van der Waals surface area contributed by atoms with Gasteiger partial charge in [-0.1, -0.05) is 17.7 Å². The van der Waals surface area contributed by atoms with E-state index < -0.39 is 12.1 Å². The zero-order chi connectivity index (χ0) is 18.7. The van der Waals surface area contributed by atoms with Crippen LogP contribution < -0.4 is 4.74 Å². The van der Waals surface area contributed by atoms with Gasteiger partial charge in [0.15, 0.2) is 11.9 Å². The fraction of sp³-hybridized carbons (Fsp3) is 0.368. The fourth-order valence-electron chi connectivity index (χ4n) is 2.82. The van der Waals surface area contributed by atoms with Crippen LogP contribution in [-0.4, -0.2) is 47.7 Å². The van der Waals surface area contributed by atoms with Gasteiger partial charge in [0, 0.05) is 6.54 Å². The summed E-state index contributed by atoms with van der Waals surface area (Å²) in [5.74, 6) is 0.0193. The van der Waals surface area contributed by atoms with Crippen molar-refractivity contribution in [2.45, 2.75) is 26.6 Å². The molecule has 1 fully saturated rings. The zero-order valence-corrected chi connectivity index (χ0v) is 14.7. The van der Waals surface area contributed by atoms with Gasteiger partial charge in [-0.2, -0.15) is 0 Å². The summed E-state index contributed by atoms with van der Waals surface area (Å²) < 4.78 is 16.4. The summed E-state index contributed by atoms with van der Waals surface area (Å²) in [5.41, 5.74) is 2.19. The maximum atomic E-state index is 12.5. The Labute approximate surface area is 151 Å². The van der Waals surface area contributed by atoms with Gasteiger partial charge in [0.2, 0.25) is 0 Å². The summed E-state index contributed by atoms with van der Waals surface area (Å²) in [6.07, 6.45) is -1.00. The minimum absolute atomic E-state index is 0.00324. The third-order valence-corrected chi connectivity index (χ3v) is 4.20. The molecule has 1 aliphatic rings. The molecule has 1 N–H and O–H groups in total. The lowest BCUT2D eigenvalue weighted by molar-refractivity contribution is -0.154. The Bertz CT molecular complexity index is 812. The lowest BCUT2D eigenvalue weighted by Crippen LogP contribution is -2.48. The topological polar surface area (TPSA) is 89.2 Å². The molecule has 0 saturated carbocycles. The minimum atomic E-state index is -1.08. The Morgan fingerprint density at radius 3 is 2.81 bits per heavy atom. The Morgan fingerprint density at radius 1 is 1.27 bits per heavy atom. The molecule has 0 radical (unpaired) electrons. The number of carboxylic acid groups (broad SMARTS) is 1. The second-order valence-corrected chi connectivity index (χ2v) is 6.27. The predicted octanol–water partition coefficient (Wildman–Crippen LogP) is 2.40. The number of morpholine rings is 1. The second-order valence-electron chi connectivity index (χ2n) is 6.27. The molecule has 26 heavy (non-hydrogen) atoms. The first-order valence-corrected chi connectivity index (χ1v) is 8.36. The van der Waals surface area contributed by atoms with Crippen molar-refractivity contribution in [1.82, 2.24) is 4.90 Å². The van der Waals surface area contributed by atoms with Gasteiger partial charge in [-0.05, 0) is 37.6 Å². The van der Waals surface area contributed by atoms with Crippen LogP contribution in [0.3, 0.4) is 0 Å². The number of aliphatic carboxylic acids is 1. The average molecular weight is 359 g/mol. The molecule has 1 aromatic carbocycles. The molecule has 1 aromatic heterocycles. The first-order chi connectivity index (χ1) is 12.4. The molecule has 1 saturated heterocycles. The molecule has 0 spiro atoms. The van der Waals surface area contributed by atoms with E-state index in [4.69, 9.17) is 19.0 Å². The lowest BCUT2D eigenvalue weighted by Gasteiger charge is -2.30. The number of benzene rings is 1. The zero-order valence-electron chi connectivity index (χ0n) is 14.7. The van der Waals surface area contributed by atoms with Gasteiger partial charge in [0.05, 0.1) is 13.2 Å². The predicted molar refractivity (Wildman–Crippen MR) is 92.2 cm³/mol. The highest BCUT2D eigenvalue weighted by Crippen LogP contribution is 2.21. The third-order valence-electron chi connectivity index (χ3n) is 4.20. The van der Waals surface area contributed by atoms with E-state index in [1.807, 2.05) is 32.0 Å². The largest absolute Gasteiger partial charge is 0.485 e. The van der Waals surface area contributed by atoms with Crippen LogP contribution >= 0.6 is 0 Å². The number of rotatable bonds is 5. The number of furan rings is 1. The number of nitrogens with zero attached hydrogens (tertiary/aromatic N) is 1. The lowest BCUT2D eigenvalue weighted by atomic mass is 10.1. The van der Waals surface area contributed by atoms with Crippen molar-refractivity contribution in [3.05, 3.63) is 53.0 Å². The molecule has 0 aliphatic carbocycles. The van der Waals surface area contributed by atoms with Gasteiger partial charge < -0.3 is 23.9 Å². The van der Waals surface area contributed by atoms with Crippen LogP contribution in [0.2, 0.25) is 0 Å². The van der Waals surface area contributed by atoms with Crippen LogP contribution in [0.4, 0.5) is 0 Å². The SMILES string of the molecule is Cc1ccc(OCc2ccc(C(=O)N3CCOC(C(=O)O)C3)o2)c(C)c1. The number of carbonyl (C=O) groups is 2. The van der Waals surface area contributed by atoms with E-state index in [1.165, 1.54) is 4.90 Å². The number of carboxylic acids is 1. The van der Waals surface area contributed by atoms with Crippen molar-refractivity contribution in [1.29, 1.82) is 0 Å². The summed E-state index contributed by atoms with van der Waals surface area (Å²) in [6.45, 7) is 4.71. The second kappa shape index (κ2) is 7.61. The summed E-state index contributed by atoms with van der Waals surface area (Å²) in [4.78, 5) is 24.9. The first kappa shape index (κ1) is 18.0. The highest BCUT2D eigenvalue weighted by atomic mass is 16.5. The standard InChI is InChI=1S/C19H21NO6/c1-12-3-5-15(13(2)9-12)25-11-14-4-6-16(26-14)18(21)20-7-8-24-17(10-20)19(22)23/h3-6,9,17H,7-8,10-11H2,1-2H3,(H,22,23). The Morgan fingerprint density at radius 2 is 2.08 bits per heavy atom. The van der Waals surface area contributed by atoms with Gasteiger partial charge >= 0.3 is 5.97 Å². The van der Waals surface area contributed by atoms with Crippen LogP contribution in [-0.2, 0) is 16.1 Å². The Hall–Kier alpha value is -2.80. The van der Waals surface area contributed by atoms with Gasteiger partial charge in [-0.25, -0.2) is 4.79 Å². The first-order valence-electron chi connectivity index (χ1n) is 8.36. The van der Waals surface area contributed by atoms with E-state index in [9.17, 15) is 9.59 Å². The molecule has 1 amide bonds. The average Bonchev–Trinajstić information content (AvgIpc) is 3.09. The number of carbonyl (C=O) groups excluding carboxylic acids is 1. The van der Waals surface area contributed by atoms with Crippen LogP contribution in [0, 0.1) is 13.8 Å². The van der Waals surface area contributed by atoms with Gasteiger partial charge in [-0.3, -0.25) is 4.79 Å². The molecule has 7 nitrogen and oxygen atoms in total. The number of amides is 1. The van der Waals surface area contributed by atoms with Gasteiger partial charge in [0.25, 0.3) is 5.91 Å². The molecule has 2 aromatic rings. The van der Waals surface area contributed by atoms with Crippen molar-refractivity contribution in [3.63, 3.8) is 0 Å². The van der Waals surface area contributed by atoms with E-state index in [1.54, 1.807) is 12.1 Å². The number of aryl methyl sites for hydroxylation is 2. The molecule has 1 unspecified atom stereocenters. The molecular formula is C19H21NO6. The fourth-order valence-corrected chi connectivity index (χ4v) is 2.82. The van der Waals surface area contributed by atoms with Gasteiger partial charge in [0.1, 0.15) is 18.1 Å². The van der Waals surface area contributed by atoms with Crippen LogP contribution in [0.1, 0.15) is 27.4 Å². The van der Waals surface area contributed by atoms with Crippen molar-refractivity contribution >= 4 is 11.9 Å². The normalized spacial score (nSPS) is 17.2. The number of ether oxygens (including phenoxy) is 2. The summed E-state index contributed by atoms with van der Waals surface area (Å²) in [5, 5.41) is 9.03. The van der Waals surface area contributed by atoms with E-state index in [0.717, 1.165) is 16.9 Å². The molecule has 0 bridgehead atoms. The monoisotopic (exact) mass is 359 g/mol. The highest BCUT2D eigenvalue weighted by Gasteiger charge is 2.30. The highest BCUT2D eigenvalue weighted by molar-refractivity contribution is 5.92.